The normalized spacial score (nSPS) is 12.8. The first-order chi connectivity index (χ1) is 8.04. The Balaban J connectivity index is 2.57. The van der Waals surface area contributed by atoms with E-state index in [0.717, 1.165) is 5.76 Å². The average molecular weight is 238 g/mol. The van der Waals surface area contributed by atoms with Gasteiger partial charge in [-0.05, 0) is 31.4 Å². The van der Waals surface area contributed by atoms with Crippen molar-refractivity contribution in [2.24, 2.45) is 11.7 Å². The van der Waals surface area contributed by atoms with Crippen molar-refractivity contribution >= 4 is 5.91 Å². The number of amides is 1. The van der Waals surface area contributed by atoms with Crippen LogP contribution in [0.4, 0.5) is 0 Å². The van der Waals surface area contributed by atoms with E-state index in [-0.39, 0.29) is 5.91 Å². The molecule has 17 heavy (non-hydrogen) atoms. The summed E-state index contributed by atoms with van der Waals surface area (Å²) in [4.78, 5) is 13.8. The summed E-state index contributed by atoms with van der Waals surface area (Å²) in [5.74, 6) is 1.21. The monoisotopic (exact) mass is 238 g/mol. The number of hydrogen-bond donors (Lipinski definition) is 1. The van der Waals surface area contributed by atoms with E-state index < -0.39 is 6.04 Å². The third kappa shape index (κ3) is 4.23. The molecule has 0 aromatic carbocycles. The van der Waals surface area contributed by atoms with Gasteiger partial charge in [0.2, 0.25) is 5.91 Å². The molecule has 1 aromatic rings. The van der Waals surface area contributed by atoms with Gasteiger partial charge < -0.3 is 15.1 Å². The maximum atomic E-state index is 12.1. The molecule has 0 saturated carbocycles. The Bertz CT molecular complexity index is 333. The minimum atomic E-state index is -0.412. The van der Waals surface area contributed by atoms with E-state index in [0.29, 0.717) is 25.4 Å². The van der Waals surface area contributed by atoms with E-state index in [2.05, 4.69) is 13.8 Å². The number of nitrogens with two attached hydrogens (primary N) is 1. The first-order valence-corrected chi connectivity index (χ1v) is 6.11. The van der Waals surface area contributed by atoms with E-state index in [1.807, 2.05) is 19.1 Å². The van der Waals surface area contributed by atoms with Gasteiger partial charge in [-0.1, -0.05) is 13.8 Å². The van der Waals surface area contributed by atoms with Crippen molar-refractivity contribution in [3.05, 3.63) is 24.2 Å². The lowest BCUT2D eigenvalue weighted by molar-refractivity contribution is -0.133. The van der Waals surface area contributed by atoms with Crippen LogP contribution in [0.25, 0.3) is 0 Å². The maximum Gasteiger partial charge on any atom is 0.239 e. The number of hydrogen-bond acceptors (Lipinski definition) is 3. The predicted octanol–water partition coefficient (Wildman–Crippen LogP) is 2.00. The van der Waals surface area contributed by atoms with Crippen molar-refractivity contribution in [3.8, 4) is 0 Å². The Hall–Kier alpha value is -1.29. The molecule has 0 aliphatic carbocycles. The molecule has 0 unspecified atom stereocenters. The number of nitrogens with zero attached hydrogens (tertiary/aromatic N) is 1. The summed E-state index contributed by atoms with van der Waals surface area (Å²) in [6.45, 7) is 7.22. The Morgan fingerprint density at radius 2 is 2.24 bits per heavy atom. The molecule has 1 amide bonds. The fraction of sp³-hybridized carbons (Fsp3) is 0.615. The summed E-state index contributed by atoms with van der Waals surface area (Å²) < 4.78 is 5.24. The zero-order chi connectivity index (χ0) is 12.8. The largest absolute Gasteiger partial charge is 0.467 e. The SMILES string of the molecule is CCN(Cc1ccco1)C(=O)[C@H](N)CC(C)C. The quantitative estimate of drug-likeness (QED) is 0.824. The Morgan fingerprint density at radius 3 is 2.71 bits per heavy atom. The van der Waals surface area contributed by atoms with Crippen molar-refractivity contribution < 1.29 is 9.21 Å². The van der Waals surface area contributed by atoms with Crippen LogP contribution in [0, 0.1) is 5.92 Å². The molecule has 1 atom stereocenters. The van der Waals surface area contributed by atoms with Crippen LogP contribution in [0.5, 0.6) is 0 Å². The molecule has 1 heterocycles. The molecular formula is C13H22N2O2. The summed E-state index contributed by atoms with van der Waals surface area (Å²) in [6.07, 6.45) is 2.33. The van der Waals surface area contributed by atoms with Gasteiger partial charge in [-0.3, -0.25) is 4.79 Å². The van der Waals surface area contributed by atoms with Crippen LogP contribution in [0.3, 0.4) is 0 Å². The first-order valence-electron chi connectivity index (χ1n) is 6.11. The fourth-order valence-electron chi connectivity index (χ4n) is 1.78. The van der Waals surface area contributed by atoms with Crippen LogP contribution in [0.15, 0.2) is 22.8 Å². The average Bonchev–Trinajstić information content (AvgIpc) is 2.76. The Kier molecular flexibility index (Phi) is 5.22. The highest BCUT2D eigenvalue weighted by Crippen LogP contribution is 2.10. The summed E-state index contributed by atoms with van der Waals surface area (Å²) in [6, 6.07) is 3.27. The maximum absolute atomic E-state index is 12.1. The number of carbonyl (C=O) groups excluding carboxylic acids is 1. The second-order valence-electron chi connectivity index (χ2n) is 4.67. The van der Waals surface area contributed by atoms with Gasteiger partial charge in [-0.15, -0.1) is 0 Å². The van der Waals surface area contributed by atoms with Crippen LogP contribution >= 0.6 is 0 Å². The minimum absolute atomic E-state index is 0.00222. The Morgan fingerprint density at radius 1 is 1.53 bits per heavy atom. The predicted molar refractivity (Wildman–Crippen MR) is 67.2 cm³/mol. The number of rotatable bonds is 6. The van der Waals surface area contributed by atoms with Gasteiger partial charge in [0.15, 0.2) is 0 Å². The third-order valence-electron chi connectivity index (χ3n) is 2.66. The van der Waals surface area contributed by atoms with Crippen LogP contribution < -0.4 is 5.73 Å². The smallest absolute Gasteiger partial charge is 0.239 e. The standard InChI is InChI=1S/C13H22N2O2/c1-4-15(9-11-6-5-7-17-11)13(16)12(14)8-10(2)3/h5-7,10,12H,4,8-9,14H2,1-3H3/t12-/m1/s1. The van der Waals surface area contributed by atoms with E-state index >= 15 is 0 Å². The summed E-state index contributed by atoms with van der Waals surface area (Å²) in [5, 5.41) is 0. The second-order valence-corrected chi connectivity index (χ2v) is 4.67. The molecule has 1 rings (SSSR count). The van der Waals surface area contributed by atoms with Gasteiger partial charge in [0.05, 0.1) is 18.8 Å². The van der Waals surface area contributed by atoms with Crippen LogP contribution in [-0.4, -0.2) is 23.4 Å². The number of likely N-dealkylation sites (N-methyl/N-ethyl adjacent to an activating group) is 1. The molecular weight excluding hydrogens is 216 g/mol. The minimum Gasteiger partial charge on any atom is -0.467 e. The second kappa shape index (κ2) is 6.45. The molecule has 0 radical (unpaired) electrons. The lowest BCUT2D eigenvalue weighted by atomic mass is 10.0. The van der Waals surface area contributed by atoms with Gasteiger partial charge in [-0.2, -0.15) is 0 Å². The number of carbonyl (C=O) groups is 1. The van der Waals surface area contributed by atoms with E-state index in [9.17, 15) is 4.79 Å². The molecule has 0 fully saturated rings. The van der Waals surface area contributed by atoms with Crippen LogP contribution in [0.2, 0.25) is 0 Å². The van der Waals surface area contributed by atoms with Gasteiger partial charge in [0.25, 0.3) is 0 Å². The van der Waals surface area contributed by atoms with E-state index in [1.54, 1.807) is 11.2 Å². The molecule has 0 bridgehead atoms. The Labute approximate surface area is 103 Å². The summed E-state index contributed by atoms with van der Waals surface area (Å²) in [7, 11) is 0. The molecule has 1 aromatic heterocycles. The summed E-state index contributed by atoms with van der Waals surface area (Å²) >= 11 is 0. The lowest BCUT2D eigenvalue weighted by Crippen LogP contribution is -2.43. The van der Waals surface area contributed by atoms with Crippen LogP contribution in [-0.2, 0) is 11.3 Å². The molecule has 0 saturated heterocycles. The molecule has 0 spiro atoms. The van der Waals surface area contributed by atoms with Crippen molar-refractivity contribution in [2.45, 2.75) is 39.8 Å². The van der Waals surface area contributed by atoms with Crippen molar-refractivity contribution in [1.82, 2.24) is 4.90 Å². The molecule has 96 valence electrons. The highest BCUT2D eigenvalue weighted by atomic mass is 16.3. The highest BCUT2D eigenvalue weighted by Gasteiger charge is 2.21. The molecule has 2 N–H and O–H groups in total. The van der Waals surface area contributed by atoms with Gasteiger partial charge in [0, 0.05) is 6.54 Å². The van der Waals surface area contributed by atoms with Crippen LogP contribution in [0.1, 0.15) is 33.0 Å². The molecule has 4 nitrogen and oxygen atoms in total. The first kappa shape index (κ1) is 13.8. The topological polar surface area (TPSA) is 59.5 Å². The zero-order valence-corrected chi connectivity index (χ0v) is 10.8. The van der Waals surface area contributed by atoms with Crippen molar-refractivity contribution in [2.75, 3.05) is 6.54 Å². The molecule has 4 heteroatoms. The van der Waals surface area contributed by atoms with Gasteiger partial charge >= 0.3 is 0 Å². The van der Waals surface area contributed by atoms with Gasteiger partial charge in [-0.25, -0.2) is 0 Å². The fourth-order valence-corrected chi connectivity index (χ4v) is 1.78. The third-order valence-corrected chi connectivity index (χ3v) is 2.66. The lowest BCUT2D eigenvalue weighted by Gasteiger charge is -2.24. The van der Waals surface area contributed by atoms with Crippen molar-refractivity contribution in [1.29, 1.82) is 0 Å². The number of furan rings is 1. The summed E-state index contributed by atoms with van der Waals surface area (Å²) in [5.41, 5.74) is 5.90. The molecule has 0 aliphatic rings. The zero-order valence-electron chi connectivity index (χ0n) is 10.8. The van der Waals surface area contributed by atoms with Crippen molar-refractivity contribution in [3.63, 3.8) is 0 Å². The van der Waals surface area contributed by atoms with E-state index in [1.165, 1.54) is 0 Å². The van der Waals surface area contributed by atoms with Gasteiger partial charge in [0.1, 0.15) is 5.76 Å². The van der Waals surface area contributed by atoms with E-state index in [4.69, 9.17) is 10.2 Å². The highest BCUT2D eigenvalue weighted by molar-refractivity contribution is 5.81. The molecule has 0 aliphatic heterocycles.